The fourth-order valence-corrected chi connectivity index (χ4v) is 5.88. The van der Waals surface area contributed by atoms with Crippen LogP contribution in [0.2, 0.25) is 0 Å². The molecule has 6 nitrogen and oxygen atoms in total. The quantitative estimate of drug-likeness (QED) is 0.271. The number of para-hydroxylation sites is 1. The minimum Gasteiger partial charge on any atom is -0.352 e. The Kier molecular flexibility index (Phi) is 7.48. The third-order valence-electron chi connectivity index (χ3n) is 7.36. The second kappa shape index (κ2) is 11.0. The molecule has 4 aromatic rings. The summed E-state index contributed by atoms with van der Waals surface area (Å²) < 4.78 is 15.6. The average molecular weight is 542 g/mol. The second-order valence-corrected chi connectivity index (χ2v) is 10.4. The summed E-state index contributed by atoms with van der Waals surface area (Å²) in [6.07, 6.45) is 2.01. The number of nitrogens with zero attached hydrogens (tertiary/aromatic N) is 3. The van der Waals surface area contributed by atoms with Crippen molar-refractivity contribution in [2.45, 2.75) is 46.2 Å². The number of carbonyl (C=O) groups is 1. The number of aryl methyl sites for hydroxylation is 3. The van der Waals surface area contributed by atoms with Crippen LogP contribution in [0.25, 0.3) is 5.69 Å². The first-order chi connectivity index (χ1) is 18.7. The van der Waals surface area contributed by atoms with E-state index in [9.17, 15) is 9.18 Å². The zero-order chi connectivity index (χ0) is 27.7. The molecule has 8 heteroatoms. The highest BCUT2D eigenvalue weighted by atomic mass is 32.1. The smallest absolute Gasteiger partial charge is 0.226 e. The largest absolute Gasteiger partial charge is 0.352 e. The van der Waals surface area contributed by atoms with E-state index in [1.165, 1.54) is 28.9 Å². The van der Waals surface area contributed by atoms with Crippen LogP contribution in [0.15, 0.2) is 72.9 Å². The van der Waals surface area contributed by atoms with Crippen LogP contribution in [0, 0.1) is 33.5 Å². The number of thiocarbonyl (C=S) groups is 1. The lowest BCUT2D eigenvalue weighted by Gasteiger charge is -2.28. The van der Waals surface area contributed by atoms with Gasteiger partial charge in [0, 0.05) is 36.2 Å². The molecule has 3 heterocycles. The Labute approximate surface area is 233 Å². The van der Waals surface area contributed by atoms with Crippen molar-refractivity contribution in [3.05, 3.63) is 113 Å². The molecule has 1 saturated heterocycles. The Balaban J connectivity index is 1.49. The predicted molar refractivity (Wildman–Crippen MR) is 157 cm³/mol. The van der Waals surface area contributed by atoms with Gasteiger partial charge in [-0.1, -0.05) is 24.3 Å². The molecule has 1 fully saturated rings. The standard InChI is InChI=1S/C31H32FN5OS/c1-19-8-7-9-20(2)29(19)37-21(3)18-25(22(37)4)30-28(26-10-5-6-16-33-26)35-31(39)36(30)17-15-27(38)34-24-13-11-23(32)12-14-24/h5-14,16,18,28,30H,15,17H2,1-4H3,(H,34,38)(H,35,39)/t28-,30-/m1/s1. The summed E-state index contributed by atoms with van der Waals surface area (Å²) in [7, 11) is 0. The zero-order valence-electron chi connectivity index (χ0n) is 22.5. The molecule has 5 rings (SSSR count). The van der Waals surface area contributed by atoms with Gasteiger partial charge in [-0.15, -0.1) is 0 Å². The Morgan fingerprint density at radius 2 is 1.74 bits per heavy atom. The molecule has 0 spiro atoms. The van der Waals surface area contributed by atoms with Crippen LogP contribution in [0.3, 0.4) is 0 Å². The van der Waals surface area contributed by atoms with E-state index in [0.717, 1.165) is 22.6 Å². The number of carbonyl (C=O) groups excluding carboxylic acids is 1. The number of amides is 1. The minimum atomic E-state index is -0.344. The van der Waals surface area contributed by atoms with Crippen molar-refractivity contribution in [2.24, 2.45) is 0 Å². The maximum absolute atomic E-state index is 13.3. The summed E-state index contributed by atoms with van der Waals surface area (Å²) >= 11 is 5.82. The third-order valence-corrected chi connectivity index (χ3v) is 7.71. The van der Waals surface area contributed by atoms with Crippen LogP contribution >= 0.6 is 12.2 Å². The lowest BCUT2D eigenvalue weighted by molar-refractivity contribution is -0.116. The lowest BCUT2D eigenvalue weighted by atomic mass is 9.96. The van der Waals surface area contributed by atoms with E-state index in [1.807, 2.05) is 18.2 Å². The topological polar surface area (TPSA) is 62.2 Å². The number of pyridine rings is 1. The second-order valence-electron chi connectivity index (χ2n) is 10.0. The van der Waals surface area contributed by atoms with Crippen molar-refractivity contribution in [2.75, 3.05) is 11.9 Å². The van der Waals surface area contributed by atoms with Crippen molar-refractivity contribution in [1.29, 1.82) is 0 Å². The number of halogens is 1. The van der Waals surface area contributed by atoms with Crippen molar-refractivity contribution in [3.8, 4) is 5.69 Å². The van der Waals surface area contributed by atoms with Gasteiger partial charge in [0.15, 0.2) is 5.11 Å². The summed E-state index contributed by atoms with van der Waals surface area (Å²) in [6.45, 7) is 8.95. The van der Waals surface area contributed by atoms with Crippen LogP contribution in [-0.4, -0.2) is 32.0 Å². The summed E-state index contributed by atoms with van der Waals surface area (Å²) in [5.74, 6) is -0.506. The summed E-state index contributed by atoms with van der Waals surface area (Å²) in [5.41, 5.74) is 8.44. The maximum atomic E-state index is 13.3. The molecule has 0 bridgehead atoms. The van der Waals surface area contributed by atoms with Gasteiger partial charge in [0.1, 0.15) is 5.82 Å². The molecule has 2 atom stereocenters. The van der Waals surface area contributed by atoms with Crippen LogP contribution in [-0.2, 0) is 4.79 Å². The number of anilines is 1. The first kappa shape index (κ1) is 26.6. The Hall–Kier alpha value is -4.04. The molecule has 0 radical (unpaired) electrons. The zero-order valence-corrected chi connectivity index (χ0v) is 23.3. The lowest BCUT2D eigenvalue weighted by Crippen LogP contribution is -2.32. The van der Waals surface area contributed by atoms with Crippen molar-refractivity contribution < 1.29 is 9.18 Å². The van der Waals surface area contributed by atoms with Crippen molar-refractivity contribution in [3.63, 3.8) is 0 Å². The van der Waals surface area contributed by atoms with Crippen LogP contribution in [0.1, 0.15) is 52.3 Å². The molecule has 0 aliphatic carbocycles. The molecule has 2 N–H and O–H groups in total. The van der Waals surface area contributed by atoms with Crippen LogP contribution in [0.4, 0.5) is 10.1 Å². The highest BCUT2D eigenvalue weighted by Gasteiger charge is 2.41. The number of aromatic nitrogens is 2. The van der Waals surface area contributed by atoms with E-state index in [4.69, 9.17) is 12.2 Å². The van der Waals surface area contributed by atoms with Crippen LogP contribution in [0.5, 0.6) is 0 Å². The average Bonchev–Trinajstić information content (AvgIpc) is 3.39. The number of nitrogens with one attached hydrogen (secondary N) is 2. The summed E-state index contributed by atoms with van der Waals surface area (Å²) in [5, 5.41) is 6.92. The first-order valence-electron chi connectivity index (χ1n) is 13.0. The minimum absolute atomic E-state index is 0.157. The molecule has 200 valence electrons. The van der Waals surface area contributed by atoms with E-state index in [2.05, 4.69) is 77.0 Å². The van der Waals surface area contributed by atoms with E-state index >= 15 is 0 Å². The SMILES string of the molecule is Cc1cccc(C)c1-n1c(C)cc([C@@H]2[C@@H](c3ccccn3)NC(=S)N2CCC(=O)Nc2ccc(F)cc2)c1C. The fraction of sp³-hybridized carbons (Fsp3) is 0.258. The Bertz CT molecular complexity index is 1500. The van der Waals surface area contributed by atoms with E-state index in [-0.39, 0.29) is 30.2 Å². The maximum Gasteiger partial charge on any atom is 0.226 e. The van der Waals surface area contributed by atoms with Crippen molar-refractivity contribution >= 4 is 28.9 Å². The highest BCUT2D eigenvalue weighted by molar-refractivity contribution is 7.80. The molecular formula is C31H32FN5OS. The highest BCUT2D eigenvalue weighted by Crippen LogP contribution is 2.42. The van der Waals surface area contributed by atoms with Crippen LogP contribution < -0.4 is 10.6 Å². The fourth-order valence-electron chi connectivity index (χ4n) is 5.55. The van der Waals surface area contributed by atoms with Gasteiger partial charge in [0.2, 0.25) is 5.91 Å². The van der Waals surface area contributed by atoms with E-state index < -0.39 is 0 Å². The molecule has 2 aromatic carbocycles. The van der Waals surface area contributed by atoms with E-state index in [0.29, 0.717) is 17.3 Å². The van der Waals surface area contributed by atoms with Gasteiger partial charge in [0.05, 0.1) is 23.5 Å². The Morgan fingerprint density at radius 1 is 1.03 bits per heavy atom. The van der Waals surface area contributed by atoms with Gasteiger partial charge in [0.25, 0.3) is 0 Å². The summed E-state index contributed by atoms with van der Waals surface area (Å²) in [4.78, 5) is 19.6. The van der Waals surface area contributed by atoms with Crippen molar-refractivity contribution in [1.82, 2.24) is 19.8 Å². The number of hydrogen-bond acceptors (Lipinski definition) is 3. The van der Waals surface area contributed by atoms with Gasteiger partial charge in [-0.3, -0.25) is 9.78 Å². The Morgan fingerprint density at radius 3 is 2.41 bits per heavy atom. The predicted octanol–water partition coefficient (Wildman–Crippen LogP) is 6.25. The van der Waals surface area contributed by atoms with Gasteiger partial charge in [-0.25, -0.2) is 4.39 Å². The molecule has 1 aliphatic heterocycles. The normalized spacial score (nSPS) is 16.8. The molecule has 0 saturated carbocycles. The molecule has 2 aromatic heterocycles. The number of rotatable bonds is 7. The van der Waals surface area contributed by atoms with E-state index in [1.54, 1.807) is 18.3 Å². The molecular weight excluding hydrogens is 509 g/mol. The van der Waals surface area contributed by atoms with Gasteiger partial charge < -0.3 is 20.1 Å². The van der Waals surface area contributed by atoms with Gasteiger partial charge in [-0.2, -0.15) is 0 Å². The molecule has 1 amide bonds. The summed E-state index contributed by atoms with van der Waals surface area (Å²) in [6, 6.07) is 19.9. The molecule has 39 heavy (non-hydrogen) atoms. The number of benzene rings is 2. The number of hydrogen-bond donors (Lipinski definition) is 2. The van der Waals surface area contributed by atoms with Gasteiger partial charge in [-0.05, 0) is 99.1 Å². The monoisotopic (exact) mass is 541 g/mol. The van der Waals surface area contributed by atoms with Gasteiger partial charge >= 0.3 is 0 Å². The third kappa shape index (κ3) is 5.29. The molecule has 0 unspecified atom stereocenters. The first-order valence-corrected chi connectivity index (χ1v) is 13.4. The molecule has 1 aliphatic rings.